The molecule has 0 atom stereocenters. The summed E-state index contributed by atoms with van der Waals surface area (Å²) in [4.78, 5) is 0. The number of rotatable bonds is 35. The van der Waals surface area contributed by atoms with Crippen LogP contribution in [0, 0.1) is 5.92 Å². The molecule has 0 heterocycles. The first-order valence-corrected chi connectivity index (χ1v) is 19.0. The first kappa shape index (κ1) is 42.4. The highest BCUT2D eigenvalue weighted by molar-refractivity contribution is 5.85. The standard InChI is InChI=1S/C38H79N.ClH/c1-4-5-6-7-8-9-10-11-12-15-18-21-24-27-30-33-36-39-37-34-31-28-25-22-19-16-13-14-17-20-23-26-29-32-35-38(2)3;/h38-39H,4-37H2,1-3H3;1H. The van der Waals surface area contributed by atoms with E-state index in [0.717, 1.165) is 5.92 Å². The predicted molar refractivity (Wildman–Crippen MR) is 188 cm³/mol. The predicted octanol–water partition coefficient (Wildman–Crippen LogP) is 14.2. The summed E-state index contributed by atoms with van der Waals surface area (Å²) in [5.41, 5.74) is 0. The van der Waals surface area contributed by atoms with Crippen molar-refractivity contribution in [3.63, 3.8) is 0 Å². The van der Waals surface area contributed by atoms with Gasteiger partial charge in [-0.05, 0) is 31.8 Å². The molecule has 0 saturated carbocycles. The van der Waals surface area contributed by atoms with Crippen LogP contribution < -0.4 is 5.32 Å². The topological polar surface area (TPSA) is 12.0 Å². The van der Waals surface area contributed by atoms with E-state index in [1.54, 1.807) is 0 Å². The molecule has 0 aromatic carbocycles. The molecule has 0 aliphatic carbocycles. The molecule has 0 rings (SSSR count). The third kappa shape index (κ3) is 40.4. The normalized spacial score (nSPS) is 11.4. The SMILES string of the molecule is CCCCCCCCCCCCCCCCCCNCCCCCCCCCCCCCCCCCC(C)C.Cl. The lowest BCUT2D eigenvalue weighted by Gasteiger charge is -2.06. The van der Waals surface area contributed by atoms with E-state index in [-0.39, 0.29) is 12.4 Å². The molecule has 0 unspecified atom stereocenters. The minimum atomic E-state index is 0. The zero-order valence-electron chi connectivity index (χ0n) is 28.5. The smallest absolute Gasteiger partial charge is 0.00489 e. The molecule has 0 aromatic heterocycles. The van der Waals surface area contributed by atoms with E-state index >= 15 is 0 Å². The number of hydrogen-bond donors (Lipinski definition) is 1. The van der Waals surface area contributed by atoms with E-state index in [2.05, 4.69) is 26.1 Å². The Morgan fingerprint density at radius 2 is 0.550 bits per heavy atom. The van der Waals surface area contributed by atoms with Crippen LogP contribution in [0.1, 0.15) is 226 Å². The van der Waals surface area contributed by atoms with Crippen molar-refractivity contribution >= 4 is 12.4 Å². The van der Waals surface area contributed by atoms with Gasteiger partial charge in [0.15, 0.2) is 0 Å². The fourth-order valence-electron chi connectivity index (χ4n) is 6.02. The summed E-state index contributed by atoms with van der Waals surface area (Å²) in [6.07, 6.45) is 46.8. The molecule has 2 heteroatoms. The van der Waals surface area contributed by atoms with Crippen molar-refractivity contribution in [3.05, 3.63) is 0 Å². The molecule has 0 aromatic rings. The molecular formula is C38H80ClN. The Balaban J connectivity index is 0. The average molecular weight is 587 g/mol. The van der Waals surface area contributed by atoms with Gasteiger partial charge in [-0.15, -0.1) is 12.4 Å². The van der Waals surface area contributed by atoms with Gasteiger partial charge in [-0.3, -0.25) is 0 Å². The van der Waals surface area contributed by atoms with Gasteiger partial charge < -0.3 is 5.32 Å². The highest BCUT2D eigenvalue weighted by Gasteiger charge is 1.97. The molecule has 0 amide bonds. The van der Waals surface area contributed by atoms with Crippen molar-refractivity contribution in [2.75, 3.05) is 13.1 Å². The van der Waals surface area contributed by atoms with E-state index in [4.69, 9.17) is 0 Å². The Morgan fingerprint density at radius 1 is 0.325 bits per heavy atom. The minimum Gasteiger partial charge on any atom is -0.317 e. The summed E-state index contributed by atoms with van der Waals surface area (Å²) < 4.78 is 0. The second kappa shape index (κ2) is 39.2. The van der Waals surface area contributed by atoms with Crippen molar-refractivity contribution in [2.24, 2.45) is 5.92 Å². The van der Waals surface area contributed by atoms with Crippen LogP contribution in [0.5, 0.6) is 0 Å². The lowest BCUT2D eigenvalue weighted by atomic mass is 10.0. The Bertz CT molecular complexity index is 410. The Hall–Kier alpha value is 0.250. The number of hydrogen-bond acceptors (Lipinski definition) is 1. The van der Waals surface area contributed by atoms with E-state index < -0.39 is 0 Å². The molecule has 0 spiro atoms. The van der Waals surface area contributed by atoms with E-state index in [0.29, 0.717) is 0 Å². The van der Waals surface area contributed by atoms with Gasteiger partial charge in [-0.25, -0.2) is 0 Å². The number of halogens is 1. The van der Waals surface area contributed by atoms with Gasteiger partial charge in [-0.2, -0.15) is 0 Å². The van der Waals surface area contributed by atoms with Crippen molar-refractivity contribution in [1.29, 1.82) is 0 Å². The van der Waals surface area contributed by atoms with Crippen molar-refractivity contribution in [1.82, 2.24) is 5.32 Å². The summed E-state index contributed by atoms with van der Waals surface area (Å²) in [6, 6.07) is 0. The van der Waals surface area contributed by atoms with Gasteiger partial charge in [-0.1, -0.05) is 213 Å². The summed E-state index contributed by atoms with van der Waals surface area (Å²) >= 11 is 0. The first-order chi connectivity index (χ1) is 19.3. The van der Waals surface area contributed by atoms with Gasteiger partial charge in [0.25, 0.3) is 0 Å². The third-order valence-corrected chi connectivity index (χ3v) is 8.84. The lowest BCUT2D eigenvalue weighted by molar-refractivity contribution is 0.501. The molecule has 0 aliphatic rings. The molecule has 0 fully saturated rings. The molecular weight excluding hydrogens is 506 g/mol. The van der Waals surface area contributed by atoms with Crippen LogP contribution in [-0.2, 0) is 0 Å². The Labute approximate surface area is 262 Å². The maximum atomic E-state index is 3.69. The van der Waals surface area contributed by atoms with Crippen LogP contribution in [0.25, 0.3) is 0 Å². The van der Waals surface area contributed by atoms with Crippen molar-refractivity contribution < 1.29 is 0 Å². The average Bonchev–Trinajstić information content (AvgIpc) is 2.93. The fourth-order valence-corrected chi connectivity index (χ4v) is 6.02. The van der Waals surface area contributed by atoms with Crippen LogP contribution in [0.15, 0.2) is 0 Å². The molecule has 0 aliphatic heterocycles. The maximum absolute atomic E-state index is 3.69. The zero-order chi connectivity index (χ0) is 28.3. The number of unbranched alkanes of at least 4 members (excludes halogenated alkanes) is 29. The van der Waals surface area contributed by atoms with Crippen LogP contribution in [0.3, 0.4) is 0 Å². The first-order valence-electron chi connectivity index (χ1n) is 19.0. The molecule has 0 saturated heterocycles. The quantitative estimate of drug-likeness (QED) is 0.0729. The maximum Gasteiger partial charge on any atom is -0.00489 e. The highest BCUT2D eigenvalue weighted by atomic mass is 35.5. The molecule has 0 bridgehead atoms. The van der Waals surface area contributed by atoms with Crippen LogP contribution in [0.2, 0.25) is 0 Å². The largest absolute Gasteiger partial charge is 0.317 e. The van der Waals surface area contributed by atoms with Gasteiger partial charge in [0.2, 0.25) is 0 Å². The van der Waals surface area contributed by atoms with Gasteiger partial charge in [0.1, 0.15) is 0 Å². The van der Waals surface area contributed by atoms with Gasteiger partial charge >= 0.3 is 0 Å². The molecule has 1 N–H and O–H groups in total. The van der Waals surface area contributed by atoms with Crippen LogP contribution >= 0.6 is 12.4 Å². The molecule has 40 heavy (non-hydrogen) atoms. The zero-order valence-corrected chi connectivity index (χ0v) is 29.3. The summed E-state index contributed by atoms with van der Waals surface area (Å²) in [5.74, 6) is 0.894. The summed E-state index contributed by atoms with van der Waals surface area (Å²) in [6.45, 7) is 9.50. The fraction of sp³-hybridized carbons (Fsp3) is 1.00. The van der Waals surface area contributed by atoms with Crippen LogP contribution in [-0.4, -0.2) is 13.1 Å². The number of nitrogens with one attached hydrogen (secondary N) is 1. The Kier molecular flexibility index (Phi) is 41.6. The highest BCUT2D eigenvalue weighted by Crippen LogP contribution is 2.16. The van der Waals surface area contributed by atoms with Crippen LogP contribution in [0.4, 0.5) is 0 Å². The summed E-state index contributed by atoms with van der Waals surface area (Å²) in [7, 11) is 0. The van der Waals surface area contributed by atoms with Gasteiger partial charge in [0, 0.05) is 0 Å². The van der Waals surface area contributed by atoms with E-state index in [1.807, 2.05) is 0 Å². The second-order valence-electron chi connectivity index (χ2n) is 13.5. The van der Waals surface area contributed by atoms with E-state index in [1.165, 1.54) is 219 Å². The minimum absolute atomic E-state index is 0. The van der Waals surface area contributed by atoms with Crippen molar-refractivity contribution in [2.45, 2.75) is 226 Å². The van der Waals surface area contributed by atoms with Crippen molar-refractivity contribution in [3.8, 4) is 0 Å². The molecule has 244 valence electrons. The Morgan fingerprint density at radius 3 is 0.800 bits per heavy atom. The monoisotopic (exact) mass is 586 g/mol. The lowest BCUT2D eigenvalue weighted by Crippen LogP contribution is -2.16. The van der Waals surface area contributed by atoms with Gasteiger partial charge in [0.05, 0.1) is 0 Å². The molecule has 0 radical (unpaired) electrons. The summed E-state index contributed by atoms with van der Waals surface area (Å²) in [5, 5.41) is 3.69. The van der Waals surface area contributed by atoms with E-state index in [9.17, 15) is 0 Å². The third-order valence-electron chi connectivity index (χ3n) is 8.84. The molecule has 1 nitrogen and oxygen atoms in total. The second-order valence-corrected chi connectivity index (χ2v) is 13.5.